The van der Waals surface area contributed by atoms with Gasteiger partial charge in [0.2, 0.25) is 15.8 Å². The molecule has 2 N–H and O–H groups in total. The Hall–Kier alpha value is -3.13. The maximum Gasteiger partial charge on any atom is 0.573 e. The molecule has 3 rings (SSSR count). The average Bonchev–Trinajstić information content (AvgIpc) is 3.06. The van der Waals surface area contributed by atoms with Crippen LogP contribution in [0.2, 0.25) is 0 Å². The molecule has 14 heteroatoms. The van der Waals surface area contributed by atoms with Gasteiger partial charge < -0.3 is 9.26 Å². The predicted molar refractivity (Wildman–Crippen MR) is 95.1 cm³/mol. The second-order valence-corrected chi connectivity index (χ2v) is 7.98. The van der Waals surface area contributed by atoms with Crippen molar-refractivity contribution in [2.45, 2.75) is 24.4 Å². The Morgan fingerprint density at radius 3 is 2.12 bits per heavy atom. The number of halogens is 7. The minimum Gasteiger partial charge on any atom is -0.406 e. The normalized spacial score (nSPS) is 12.8. The van der Waals surface area contributed by atoms with E-state index in [9.17, 15) is 39.2 Å². The molecule has 1 heterocycles. The van der Waals surface area contributed by atoms with Crippen molar-refractivity contribution in [3.63, 3.8) is 0 Å². The molecule has 3 aromatic rings. The third kappa shape index (κ3) is 4.85. The van der Waals surface area contributed by atoms with Crippen LogP contribution in [0.5, 0.6) is 5.75 Å². The molecule has 0 aliphatic heterocycles. The lowest BCUT2D eigenvalue weighted by Crippen LogP contribution is -2.17. The fourth-order valence-corrected chi connectivity index (χ4v) is 3.46. The van der Waals surface area contributed by atoms with Crippen molar-refractivity contribution in [1.82, 2.24) is 5.16 Å². The van der Waals surface area contributed by atoms with Crippen LogP contribution in [0, 0.1) is 12.7 Å². The van der Waals surface area contributed by atoms with Gasteiger partial charge in [-0.2, -0.15) is 13.2 Å². The number of rotatable bonds is 4. The molecule has 32 heavy (non-hydrogen) atoms. The first kappa shape index (κ1) is 23.5. The van der Waals surface area contributed by atoms with Crippen molar-refractivity contribution in [3.05, 3.63) is 53.5 Å². The van der Waals surface area contributed by atoms with Gasteiger partial charge in [0.05, 0.1) is 5.56 Å². The number of nitrogens with zero attached hydrogens (tertiary/aromatic N) is 1. The van der Waals surface area contributed by atoms with Crippen LogP contribution in [0.4, 0.5) is 30.7 Å². The zero-order valence-electron chi connectivity index (χ0n) is 15.7. The second-order valence-electron chi connectivity index (χ2n) is 6.45. The van der Waals surface area contributed by atoms with Gasteiger partial charge in [0.25, 0.3) is 0 Å². The Labute approximate surface area is 175 Å². The molecule has 1 aromatic heterocycles. The van der Waals surface area contributed by atoms with Crippen LogP contribution in [-0.2, 0) is 16.2 Å². The molecule has 0 aliphatic carbocycles. The van der Waals surface area contributed by atoms with Crippen LogP contribution in [0.1, 0.15) is 11.3 Å². The number of hydrogen-bond acceptors (Lipinski definition) is 5. The number of aromatic nitrogens is 1. The van der Waals surface area contributed by atoms with Gasteiger partial charge in [-0.05, 0) is 48.4 Å². The Morgan fingerprint density at radius 2 is 1.62 bits per heavy atom. The van der Waals surface area contributed by atoms with E-state index in [4.69, 9.17) is 5.14 Å². The molecule has 6 nitrogen and oxygen atoms in total. The number of primary sulfonamides is 1. The number of benzene rings is 2. The van der Waals surface area contributed by atoms with Crippen molar-refractivity contribution in [3.8, 4) is 28.1 Å². The highest BCUT2D eigenvalue weighted by atomic mass is 32.2. The van der Waals surface area contributed by atoms with Crippen molar-refractivity contribution in [2.24, 2.45) is 5.14 Å². The molecular weight excluding hydrogens is 473 g/mol. The monoisotopic (exact) mass is 484 g/mol. The molecule has 0 aliphatic rings. The van der Waals surface area contributed by atoms with Gasteiger partial charge in [-0.25, -0.2) is 17.9 Å². The lowest BCUT2D eigenvalue weighted by Gasteiger charge is -2.12. The van der Waals surface area contributed by atoms with Crippen molar-refractivity contribution < 1.29 is 48.4 Å². The SMILES string of the molecule is Cc1cc(-c2noc(C(F)(F)F)c2-c2ccc(S(N)(=O)=O)c(F)c2)ccc1OC(F)(F)F. The summed E-state index contributed by atoms with van der Waals surface area (Å²) < 4.78 is 123. The molecule has 0 amide bonds. The van der Waals surface area contributed by atoms with Gasteiger partial charge in [-0.15, -0.1) is 13.2 Å². The predicted octanol–water partition coefficient (Wildman–Crippen LogP) is 5.02. The summed E-state index contributed by atoms with van der Waals surface area (Å²) in [4.78, 5) is -0.947. The first-order chi connectivity index (χ1) is 14.6. The van der Waals surface area contributed by atoms with Crippen LogP contribution in [0.15, 0.2) is 45.8 Å². The van der Waals surface area contributed by atoms with E-state index in [0.29, 0.717) is 12.1 Å². The van der Waals surface area contributed by atoms with E-state index in [1.807, 2.05) is 0 Å². The Bertz CT molecular complexity index is 1280. The lowest BCUT2D eigenvalue weighted by molar-refractivity contribution is -0.274. The van der Waals surface area contributed by atoms with Crippen LogP contribution in [0.3, 0.4) is 0 Å². The Morgan fingerprint density at radius 1 is 1.00 bits per heavy atom. The largest absolute Gasteiger partial charge is 0.573 e. The van der Waals surface area contributed by atoms with E-state index in [2.05, 4.69) is 14.4 Å². The van der Waals surface area contributed by atoms with E-state index >= 15 is 0 Å². The second kappa shape index (κ2) is 7.78. The van der Waals surface area contributed by atoms with Gasteiger partial charge >= 0.3 is 12.5 Å². The van der Waals surface area contributed by atoms with E-state index in [1.54, 1.807) is 0 Å². The van der Waals surface area contributed by atoms with Crippen LogP contribution < -0.4 is 9.88 Å². The zero-order chi connectivity index (χ0) is 24.1. The number of nitrogens with two attached hydrogens (primary N) is 1. The minimum absolute atomic E-state index is 0.0851. The first-order valence-electron chi connectivity index (χ1n) is 8.34. The smallest absolute Gasteiger partial charge is 0.406 e. The van der Waals surface area contributed by atoms with Crippen LogP contribution >= 0.6 is 0 Å². The minimum atomic E-state index is -5.08. The van der Waals surface area contributed by atoms with Crippen molar-refractivity contribution in [2.75, 3.05) is 0 Å². The average molecular weight is 484 g/mol. The van der Waals surface area contributed by atoms with Gasteiger partial charge in [-0.3, -0.25) is 0 Å². The maximum atomic E-state index is 14.3. The Balaban J connectivity index is 2.20. The molecule has 0 atom stereocenters. The number of ether oxygens (including phenoxy) is 1. The molecule has 0 unspecified atom stereocenters. The van der Waals surface area contributed by atoms with E-state index < -0.39 is 61.6 Å². The fourth-order valence-electron chi connectivity index (χ4n) is 2.87. The van der Waals surface area contributed by atoms with E-state index in [1.165, 1.54) is 6.92 Å². The van der Waals surface area contributed by atoms with Crippen LogP contribution in [-0.4, -0.2) is 19.9 Å². The van der Waals surface area contributed by atoms with Crippen molar-refractivity contribution in [1.29, 1.82) is 0 Å². The van der Waals surface area contributed by atoms with Gasteiger partial charge in [-0.1, -0.05) is 11.2 Å². The third-order valence-corrected chi connectivity index (χ3v) is 5.09. The zero-order valence-corrected chi connectivity index (χ0v) is 16.5. The maximum absolute atomic E-state index is 14.3. The Kier molecular flexibility index (Phi) is 5.72. The molecule has 2 aromatic carbocycles. The number of hydrogen-bond donors (Lipinski definition) is 1. The van der Waals surface area contributed by atoms with Gasteiger partial charge in [0.15, 0.2) is 0 Å². The molecule has 172 valence electrons. The summed E-state index contributed by atoms with van der Waals surface area (Å²) in [5, 5.41) is 8.20. The van der Waals surface area contributed by atoms with Gasteiger partial charge in [0.1, 0.15) is 22.2 Å². The number of aryl methyl sites for hydroxylation is 1. The van der Waals surface area contributed by atoms with Crippen LogP contribution in [0.25, 0.3) is 22.4 Å². The van der Waals surface area contributed by atoms with Crippen molar-refractivity contribution >= 4 is 10.0 Å². The topological polar surface area (TPSA) is 95.4 Å². The highest BCUT2D eigenvalue weighted by Crippen LogP contribution is 2.43. The summed E-state index contributed by atoms with van der Waals surface area (Å²) in [5.41, 5.74) is -1.85. The summed E-state index contributed by atoms with van der Waals surface area (Å²) in [7, 11) is -4.49. The van der Waals surface area contributed by atoms with E-state index in [0.717, 1.165) is 24.3 Å². The summed E-state index contributed by atoms with van der Waals surface area (Å²) in [5.74, 6) is -3.63. The summed E-state index contributed by atoms with van der Waals surface area (Å²) >= 11 is 0. The molecule has 0 radical (unpaired) electrons. The summed E-state index contributed by atoms with van der Waals surface area (Å²) in [6.07, 6.45) is -10.1. The van der Waals surface area contributed by atoms with E-state index in [-0.39, 0.29) is 11.1 Å². The molecule has 0 bridgehead atoms. The summed E-state index contributed by atoms with van der Waals surface area (Å²) in [6, 6.07) is 4.97. The molecule has 0 saturated carbocycles. The lowest BCUT2D eigenvalue weighted by atomic mass is 9.97. The fraction of sp³-hybridized carbons (Fsp3) is 0.167. The molecule has 0 fully saturated rings. The standard InChI is InChI=1S/C18H11F7N2O4S/c1-8-6-10(2-4-12(8)30-18(23,24)25)15-14(16(31-27-15)17(20,21)22)9-3-5-13(11(19)7-9)32(26,28)29/h2-7H,1H3,(H2,26,28,29). The molecule has 0 saturated heterocycles. The van der Waals surface area contributed by atoms with Gasteiger partial charge in [0, 0.05) is 5.56 Å². The quantitative estimate of drug-likeness (QED) is 0.525. The number of sulfonamides is 1. The summed E-state index contributed by atoms with van der Waals surface area (Å²) in [6.45, 7) is 1.22. The highest BCUT2D eigenvalue weighted by Gasteiger charge is 2.41. The third-order valence-electron chi connectivity index (χ3n) is 4.15. The highest BCUT2D eigenvalue weighted by molar-refractivity contribution is 7.89. The molecular formula is C18H11F7N2O4S. The molecule has 0 spiro atoms. The first-order valence-corrected chi connectivity index (χ1v) is 9.89. The number of alkyl halides is 6.